The second-order valence-electron chi connectivity index (χ2n) is 8.48. The first-order valence-electron chi connectivity index (χ1n) is 11.9. The molecule has 0 aliphatic heterocycles. The maximum absolute atomic E-state index is 13.7. The molecule has 0 aliphatic rings. The molecule has 9 heteroatoms. The summed E-state index contributed by atoms with van der Waals surface area (Å²) in [7, 11) is 2.93. The van der Waals surface area contributed by atoms with Crippen LogP contribution in [0.3, 0.4) is 0 Å². The normalized spacial score (nSPS) is 11.5. The predicted molar refractivity (Wildman–Crippen MR) is 143 cm³/mol. The van der Waals surface area contributed by atoms with Crippen molar-refractivity contribution < 1.29 is 29.0 Å². The van der Waals surface area contributed by atoms with Gasteiger partial charge in [-0.25, -0.2) is 4.79 Å². The van der Waals surface area contributed by atoms with Crippen LogP contribution in [0.1, 0.15) is 32.8 Å². The molecule has 1 unspecified atom stereocenters. The number of amides is 2. The number of carboxylic acid groups (broad SMARTS) is 1. The van der Waals surface area contributed by atoms with E-state index in [2.05, 4.69) is 5.32 Å². The second kappa shape index (κ2) is 13.6. The fourth-order valence-electron chi connectivity index (χ4n) is 4.03. The Morgan fingerprint density at radius 1 is 1.03 bits per heavy atom. The zero-order valence-corrected chi connectivity index (χ0v) is 22.0. The van der Waals surface area contributed by atoms with E-state index in [4.69, 9.17) is 9.47 Å². The van der Waals surface area contributed by atoms with Crippen LogP contribution in [0.4, 0.5) is 0 Å². The molecule has 1 heterocycles. The lowest BCUT2D eigenvalue weighted by atomic mass is 10.1. The van der Waals surface area contributed by atoms with Crippen molar-refractivity contribution in [2.24, 2.45) is 0 Å². The topological polar surface area (TPSA) is 105 Å². The standard InChI is InChI=1S/C28H32N2O6S/c1-19-24(35-2)15-21(16-25(19)36-3)27(32)30(23(28(33)34)17-22-12-8-14-37-22)26(31)18-29-13-7-11-20-9-5-4-6-10-20/h4-6,8-10,12,14-16,23,29H,7,11,13,17-18H2,1-3H3,(H,33,34). The number of nitrogens with zero attached hydrogens (tertiary/aromatic N) is 1. The molecule has 0 aliphatic carbocycles. The Morgan fingerprint density at radius 3 is 2.27 bits per heavy atom. The Kier molecular flexibility index (Phi) is 10.2. The minimum Gasteiger partial charge on any atom is -0.496 e. The van der Waals surface area contributed by atoms with Crippen LogP contribution in [0, 0.1) is 6.92 Å². The Morgan fingerprint density at radius 2 is 1.70 bits per heavy atom. The smallest absolute Gasteiger partial charge is 0.327 e. The van der Waals surface area contributed by atoms with E-state index in [0.29, 0.717) is 23.6 Å². The summed E-state index contributed by atoms with van der Waals surface area (Å²) in [6, 6.07) is 15.2. The monoisotopic (exact) mass is 524 g/mol. The van der Waals surface area contributed by atoms with E-state index in [-0.39, 0.29) is 18.5 Å². The number of nitrogens with one attached hydrogen (secondary N) is 1. The second-order valence-corrected chi connectivity index (χ2v) is 9.51. The number of imide groups is 1. The van der Waals surface area contributed by atoms with Crippen LogP contribution >= 0.6 is 11.3 Å². The van der Waals surface area contributed by atoms with Crippen molar-refractivity contribution >= 4 is 29.1 Å². The molecule has 3 rings (SSSR count). The average Bonchev–Trinajstić information content (AvgIpc) is 3.42. The van der Waals surface area contributed by atoms with Gasteiger partial charge in [0, 0.05) is 22.4 Å². The summed E-state index contributed by atoms with van der Waals surface area (Å²) in [6.45, 7) is 2.15. The number of hydrogen-bond donors (Lipinski definition) is 2. The molecule has 3 aromatic rings. The number of methoxy groups -OCH3 is 2. The average molecular weight is 525 g/mol. The van der Waals surface area contributed by atoms with E-state index in [1.165, 1.54) is 43.3 Å². The van der Waals surface area contributed by atoms with Crippen molar-refractivity contribution in [3.63, 3.8) is 0 Å². The first kappa shape index (κ1) is 27.9. The van der Waals surface area contributed by atoms with Gasteiger partial charge in [-0.1, -0.05) is 36.4 Å². The highest BCUT2D eigenvalue weighted by Crippen LogP contribution is 2.30. The minimum atomic E-state index is -1.37. The molecule has 1 atom stereocenters. The highest BCUT2D eigenvalue weighted by Gasteiger charge is 2.36. The first-order chi connectivity index (χ1) is 17.8. The van der Waals surface area contributed by atoms with Crippen molar-refractivity contribution in [3.8, 4) is 11.5 Å². The highest BCUT2D eigenvalue weighted by atomic mass is 32.1. The van der Waals surface area contributed by atoms with E-state index in [0.717, 1.165) is 22.6 Å². The van der Waals surface area contributed by atoms with Crippen molar-refractivity contribution in [2.45, 2.75) is 32.2 Å². The molecule has 1 aromatic heterocycles. The molecule has 37 heavy (non-hydrogen) atoms. The van der Waals surface area contributed by atoms with Crippen LogP contribution in [0.15, 0.2) is 60.0 Å². The number of thiophene rings is 1. The van der Waals surface area contributed by atoms with Crippen LogP contribution in [0.5, 0.6) is 11.5 Å². The number of carboxylic acids is 1. The van der Waals surface area contributed by atoms with Crippen LogP contribution in [-0.4, -0.2) is 61.1 Å². The molecule has 0 fully saturated rings. The van der Waals surface area contributed by atoms with Gasteiger partial charge in [-0.2, -0.15) is 0 Å². The fourth-order valence-corrected chi connectivity index (χ4v) is 4.77. The summed E-state index contributed by atoms with van der Waals surface area (Å²) in [5.74, 6) is -1.80. The van der Waals surface area contributed by atoms with Crippen molar-refractivity contribution in [3.05, 3.63) is 81.5 Å². The third kappa shape index (κ3) is 7.41. The number of aryl methyl sites for hydroxylation is 1. The summed E-state index contributed by atoms with van der Waals surface area (Å²) < 4.78 is 10.8. The molecule has 196 valence electrons. The molecular formula is C28H32N2O6S. The zero-order chi connectivity index (χ0) is 26.8. The highest BCUT2D eigenvalue weighted by molar-refractivity contribution is 7.09. The van der Waals surface area contributed by atoms with Crippen LogP contribution < -0.4 is 14.8 Å². The van der Waals surface area contributed by atoms with E-state index >= 15 is 0 Å². The van der Waals surface area contributed by atoms with Crippen LogP contribution in [0.2, 0.25) is 0 Å². The summed E-state index contributed by atoms with van der Waals surface area (Å²) in [4.78, 5) is 41.0. The van der Waals surface area contributed by atoms with Gasteiger partial charge in [-0.3, -0.25) is 14.5 Å². The Bertz CT molecular complexity index is 1170. The number of carbonyl (C=O) groups excluding carboxylic acids is 2. The molecule has 0 saturated heterocycles. The van der Waals surface area contributed by atoms with Gasteiger partial charge >= 0.3 is 5.97 Å². The summed E-state index contributed by atoms with van der Waals surface area (Å²) in [5, 5.41) is 14.9. The predicted octanol–water partition coefficient (Wildman–Crippen LogP) is 3.96. The quantitative estimate of drug-likeness (QED) is 0.326. The van der Waals surface area contributed by atoms with Gasteiger partial charge in [0.2, 0.25) is 5.91 Å². The van der Waals surface area contributed by atoms with E-state index in [1.807, 2.05) is 35.7 Å². The fraction of sp³-hybridized carbons (Fsp3) is 0.321. The van der Waals surface area contributed by atoms with Gasteiger partial charge in [0.15, 0.2) is 0 Å². The zero-order valence-electron chi connectivity index (χ0n) is 21.2. The number of hydrogen-bond acceptors (Lipinski definition) is 7. The van der Waals surface area contributed by atoms with Crippen molar-refractivity contribution in [1.82, 2.24) is 10.2 Å². The number of aliphatic carboxylic acids is 1. The maximum Gasteiger partial charge on any atom is 0.327 e. The summed E-state index contributed by atoms with van der Waals surface area (Å²) >= 11 is 1.37. The Balaban J connectivity index is 1.82. The molecule has 0 bridgehead atoms. The lowest BCUT2D eigenvalue weighted by molar-refractivity contribution is -0.147. The number of ether oxygens (including phenoxy) is 2. The van der Waals surface area contributed by atoms with Crippen molar-refractivity contribution in [1.29, 1.82) is 0 Å². The molecule has 2 N–H and O–H groups in total. The Labute approximate surface area is 220 Å². The molecule has 8 nitrogen and oxygen atoms in total. The van der Waals surface area contributed by atoms with Gasteiger partial charge in [-0.15, -0.1) is 11.3 Å². The molecule has 0 radical (unpaired) electrons. The van der Waals surface area contributed by atoms with E-state index < -0.39 is 23.8 Å². The van der Waals surface area contributed by atoms with Gasteiger partial charge in [0.05, 0.1) is 20.8 Å². The minimum absolute atomic E-state index is 0.0125. The first-order valence-corrected chi connectivity index (χ1v) is 12.8. The summed E-state index contributed by atoms with van der Waals surface area (Å²) in [6.07, 6.45) is 1.64. The van der Waals surface area contributed by atoms with Crippen molar-refractivity contribution in [2.75, 3.05) is 27.3 Å². The third-order valence-electron chi connectivity index (χ3n) is 6.00. The largest absolute Gasteiger partial charge is 0.496 e. The molecule has 2 amide bonds. The molecular weight excluding hydrogens is 492 g/mol. The lowest BCUT2D eigenvalue weighted by Crippen LogP contribution is -2.52. The maximum atomic E-state index is 13.7. The van der Waals surface area contributed by atoms with E-state index in [1.54, 1.807) is 19.1 Å². The lowest BCUT2D eigenvalue weighted by Gasteiger charge is -2.28. The summed E-state index contributed by atoms with van der Waals surface area (Å²) in [5.41, 5.74) is 1.98. The number of benzene rings is 2. The third-order valence-corrected chi connectivity index (χ3v) is 6.89. The molecule has 0 saturated carbocycles. The van der Waals surface area contributed by atoms with Gasteiger partial charge < -0.3 is 19.9 Å². The van der Waals surface area contributed by atoms with Gasteiger partial charge in [0.25, 0.3) is 5.91 Å². The van der Waals surface area contributed by atoms with Crippen LogP contribution in [0.25, 0.3) is 0 Å². The number of rotatable bonds is 13. The molecule has 0 spiro atoms. The van der Waals surface area contributed by atoms with Gasteiger partial charge in [0.1, 0.15) is 17.5 Å². The number of carbonyl (C=O) groups is 3. The van der Waals surface area contributed by atoms with Gasteiger partial charge in [-0.05, 0) is 55.5 Å². The van der Waals surface area contributed by atoms with E-state index in [9.17, 15) is 19.5 Å². The SMILES string of the molecule is COc1cc(C(=O)N(C(=O)CNCCCc2ccccc2)C(Cc2cccs2)C(=O)O)cc(OC)c1C. The Hall–Kier alpha value is -3.69. The molecule has 2 aromatic carbocycles. The van der Waals surface area contributed by atoms with Crippen LogP contribution in [-0.2, 0) is 22.4 Å².